The number of fused-ring (bicyclic) bond motifs is 1. The Kier molecular flexibility index (Phi) is 1.75. The van der Waals surface area contributed by atoms with Crippen LogP contribution in [-0.2, 0) is 6.54 Å². The summed E-state index contributed by atoms with van der Waals surface area (Å²) < 4.78 is 5.16. The number of rotatable bonds is 1. The Balaban J connectivity index is 2.78. The van der Waals surface area contributed by atoms with Crippen molar-refractivity contribution >= 4 is 22.7 Å². The van der Waals surface area contributed by atoms with E-state index in [1.165, 1.54) is 0 Å². The zero-order chi connectivity index (χ0) is 8.55. The van der Waals surface area contributed by atoms with E-state index in [9.17, 15) is 0 Å². The van der Waals surface area contributed by atoms with Crippen LogP contribution in [-0.4, -0.2) is 4.98 Å². The number of nitrogens with zero attached hydrogens (tertiary/aromatic N) is 1. The number of hydrogen-bond donors (Lipinski definition) is 1. The molecule has 1 aromatic carbocycles. The second-order valence-electron chi connectivity index (χ2n) is 2.44. The van der Waals surface area contributed by atoms with Gasteiger partial charge in [0.15, 0.2) is 5.58 Å². The molecule has 0 atom stereocenters. The number of hydrogen-bond acceptors (Lipinski definition) is 3. The largest absolute Gasteiger partial charge is 0.427 e. The Labute approximate surface area is 74.1 Å². The van der Waals surface area contributed by atoms with Crippen LogP contribution >= 0.6 is 11.6 Å². The number of para-hydroxylation sites is 1. The molecule has 2 rings (SSSR count). The van der Waals surface area contributed by atoms with Gasteiger partial charge >= 0.3 is 0 Å². The summed E-state index contributed by atoms with van der Waals surface area (Å²) in [6.07, 6.45) is 0. The van der Waals surface area contributed by atoms with Gasteiger partial charge in [-0.15, -0.1) is 0 Å². The quantitative estimate of drug-likeness (QED) is 0.734. The first-order chi connectivity index (χ1) is 5.81. The molecular weight excluding hydrogens is 176 g/mol. The molecule has 62 valence electrons. The fraction of sp³-hybridized carbons (Fsp3) is 0.125. The van der Waals surface area contributed by atoms with Crippen molar-refractivity contribution in [2.75, 3.05) is 0 Å². The van der Waals surface area contributed by atoms with Gasteiger partial charge in [-0.3, -0.25) is 0 Å². The van der Waals surface area contributed by atoms with Crippen LogP contribution in [0, 0.1) is 0 Å². The summed E-state index contributed by atoms with van der Waals surface area (Å²) in [4.78, 5) is 3.96. The minimum absolute atomic E-state index is 0.158. The van der Waals surface area contributed by atoms with E-state index in [1.807, 2.05) is 18.2 Å². The Morgan fingerprint density at radius 1 is 1.50 bits per heavy atom. The lowest BCUT2D eigenvalue weighted by atomic mass is 10.2. The smallest absolute Gasteiger partial charge is 0.293 e. The third-order valence-corrected chi connectivity index (χ3v) is 1.85. The second-order valence-corrected chi connectivity index (χ2v) is 2.76. The minimum atomic E-state index is 0.158. The molecule has 0 saturated heterocycles. The number of halogens is 1. The van der Waals surface area contributed by atoms with E-state index >= 15 is 0 Å². The zero-order valence-corrected chi connectivity index (χ0v) is 7.01. The van der Waals surface area contributed by atoms with Crippen molar-refractivity contribution in [3.8, 4) is 0 Å². The fourth-order valence-corrected chi connectivity index (χ4v) is 1.31. The predicted octanol–water partition coefficient (Wildman–Crippen LogP) is 1.94. The van der Waals surface area contributed by atoms with Crippen molar-refractivity contribution in [1.29, 1.82) is 0 Å². The van der Waals surface area contributed by atoms with E-state index in [-0.39, 0.29) is 5.35 Å². The van der Waals surface area contributed by atoms with Gasteiger partial charge in [0.25, 0.3) is 5.35 Å². The molecule has 4 heteroatoms. The molecule has 0 bridgehead atoms. The van der Waals surface area contributed by atoms with Crippen LogP contribution in [0.3, 0.4) is 0 Å². The highest BCUT2D eigenvalue weighted by molar-refractivity contribution is 6.28. The molecule has 0 radical (unpaired) electrons. The van der Waals surface area contributed by atoms with Crippen LogP contribution in [0.15, 0.2) is 22.6 Å². The van der Waals surface area contributed by atoms with Gasteiger partial charge in [-0.25, -0.2) is 0 Å². The lowest BCUT2D eigenvalue weighted by Crippen LogP contribution is -1.95. The van der Waals surface area contributed by atoms with E-state index in [4.69, 9.17) is 21.8 Å². The molecule has 0 spiro atoms. The molecule has 0 unspecified atom stereocenters. The molecule has 0 aliphatic rings. The highest BCUT2D eigenvalue weighted by atomic mass is 35.5. The van der Waals surface area contributed by atoms with Gasteiger partial charge in [0.2, 0.25) is 0 Å². The third kappa shape index (κ3) is 1.07. The van der Waals surface area contributed by atoms with Crippen molar-refractivity contribution in [2.24, 2.45) is 5.73 Å². The van der Waals surface area contributed by atoms with Gasteiger partial charge in [-0.2, -0.15) is 4.98 Å². The van der Waals surface area contributed by atoms with Gasteiger partial charge in [0.05, 0.1) is 0 Å². The van der Waals surface area contributed by atoms with Crippen LogP contribution in [0.4, 0.5) is 0 Å². The normalized spacial score (nSPS) is 10.8. The fourth-order valence-electron chi connectivity index (χ4n) is 1.14. The summed E-state index contributed by atoms with van der Waals surface area (Å²) in [5.74, 6) is 0. The molecule has 1 heterocycles. The number of oxazole rings is 1. The van der Waals surface area contributed by atoms with Crippen molar-refractivity contribution in [3.63, 3.8) is 0 Å². The molecule has 0 fully saturated rings. The lowest BCUT2D eigenvalue weighted by Gasteiger charge is -1.94. The molecular formula is C8H7ClN2O. The molecule has 2 aromatic rings. The van der Waals surface area contributed by atoms with Crippen LogP contribution in [0.1, 0.15) is 5.56 Å². The van der Waals surface area contributed by atoms with Gasteiger partial charge in [0.1, 0.15) is 5.52 Å². The molecule has 0 saturated carbocycles. The van der Waals surface area contributed by atoms with E-state index in [1.54, 1.807) is 0 Å². The maximum atomic E-state index is 5.59. The average molecular weight is 183 g/mol. The minimum Gasteiger partial charge on any atom is -0.427 e. The van der Waals surface area contributed by atoms with Gasteiger partial charge in [-0.1, -0.05) is 12.1 Å². The maximum absolute atomic E-state index is 5.59. The summed E-state index contributed by atoms with van der Waals surface area (Å²) >= 11 is 5.59. The average Bonchev–Trinajstić information content (AvgIpc) is 2.44. The topological polar surface area (TPSA) is 52.0 Å². The Morgan fingerprint density at radius 3 is 3.08 bits per heavy atom. The molecule has 0 aliphatic heterocycles. The van der Waals surface area contributed by atoms with Crippen LogP contribution < -0.4 is 5.73 Å². The monoisotopic (exact) mass is 182 g/mol. The van der Waals surface area contributed by atoms with Crippen molar-refractivity contribution in [1.82, 2.24) is 4.98 Å². The van der Waals surface area contributed by atoms with Crippen LogP contribution in [0.2, 0.25) is 5.35 Å². The maximum Gasteiger partial charge on any atom is 0.293 e. The highest BCUT2D eigenvalue weighted by Crippen LogP contribution is 2.21. The molecule has 0 aliphatic carbocycles. The second kappa shape index (κ2) is 2.77. The van der Waals surface area contributed by atoms with Crippen LogP contribution in [0.25, 0.3) is 11.1 Å². The summed E-state index contributed by atoms with van der Waals surface area (Å²) in [5.41, 5.74) is 7.86. The third-order valence-electron chi connectivity index (χ3n) is 1.69. The summed E-state index contributed by atoms with van der Waals surface area (Å²) in [5, 5.41) is 0.158. The Morgan fingerprint density at radius 2 is 2.33 bits per heavy atom. The number of aromatic nitrogens is 1. The number of nitrogens with two attached hydrogens (primary N) is 1. The van der Waals surface area contributed by atoms with Gasteiger partial charge in [-0.05, 0) is 17.7 Å². The number of benzene rings is 1. The van der Waals surface area contributed by atoms with Crippen LogP contribution in [0.5, 0.6) is 0 Å². The van der Waals surface area contributed by atoms with Crippen molar-refractivity contribution < 1.29 is 4.42 Å². The highest BCUT2D eigenvalue weighted by Gasteiger charge is 2.05. The predicted molar refractivity (Wildman–Crippen MR) is 46.9 cm³/mol. The summed E-state index contributed by atoms with van der Waals surface area (Å²) in [6.45, 7) is 0.433. The SMILES string of the molecule is NCc1cccc2nc(Cl)oc12. The molecule has 1 aromatic heterocycles. The van der Waals surface area contributed by atoms with Crippen molar-refractivity contribution in [2.45, 2.75) is 6.54 Å². The Bertz CT molecular complexity index is 410. The molecule has 2 N–H and O–H groups in total. The van der Waals surface area contributed by atoms with E-state index in [2.05, 4.69) is 4.98 Å². The summed E-state index contributed by atoms with van der Waals surface area (Å²) in [6, 6.07) is 5.61. The van der Waals surface area contributed by atoms with E-state index in [0.29, 0.717) is 12.1 Å². The van der Waals surface area contributed by atoms with E-state index in [0.717, 1.165) is 11.1 Å². The molecule has 12 heavy (non-hydrogen) atoms. The van der Waals surface area contributed by atoms with Gasteiger partial charge in [0, 0.05) is 12.1 Å². The zero-order valence-electron chi connectivity index (χ0n) is 6.25. The first-order valence-corrected chi connectivity index (χ1v) is 3.93. The van der Waals surface area contributed by atoms with E-state index < -0.39 is 0 Å². The molecule has 0 amide bonds. The first kappa shape index (κ1) is 7.58. The standard InChI is InChI=1S/C8H7ClN2O/c9-8-11-6-3-1-2-5(4-10)7(6)12-8/h1-3H,4,10H2. The van der Waals surface area contributed by atoms with Crippen molar-refractivity contribution in [3.05, 3.63) is 29.1 Å². The molecule has 3 nitrogen and oxygen atoms in total. The Hall–Kier alpha value is -1.06. The van der Waals surface area contributed by atoms with Gasteiger partial charge < -0.3 is 10.2 Å². The first-order valence-electron chi connectivity index (χ1n) is 3.55. The lowest BCUT2D eigenvalue weighted by molar-refractivity contribution is 0.600. The summed E-state index contributed by atoms with van der Waals surface area (Å²) in [7, 11) is 0.